The van der Waals surface area contributed by atoms with Gasteiger partial charge >= 0.3 is 14.6 Å². The number of hydrogen-bond donors (Lipinski definition) is 6. The van der Waals surface area contributed by atoms with Crippen molar-refractivity contribution in [3.05, 3.63) is 12.7 Å². The summed E-state index contributed by atoms with van der Waals surface area (Å²) in [6.45, 7) is -5.18. The van der Waals surface area contributed by atoms with Gasteiger partial charge in [-0.1, -0.05) is 0 Å². The molecule has 27 heavy (non-hydrogen) atoms. The molecule has 0 radical (unpaired) electrons. The number of aliphatic hydroxyl groups excluding tert-OH is 2. The van der Waals surface area contributed by atoms with Crippen LogP contribution in [0.15, 0.2) is 17.7 Å². The smallest absolute Gasteiger partial charge is 0.387 e. The van der Waals surface area contributed by atoms with E-state index in [1.165, 1.54) is 4.57 Å². The maximum atomic E-state index is 11.2. The van der Waals surface area contributed by atoms with Crippen LogP contribution < -0.4 is 0 Å². The molecule has 0 bridgehead atoms. The van der Waals surface area contributed by atoms with Crippen molar-refractivity contribution in [2.24, 2.45) is 0 Å². The molecule has 3 heterocycles. The molecule has 2 aromatic heterocycles. The number of imidazole rings is 1. The zero-order valence-electron chi connectivity index (χ0n) is 13.1. The highest BCUT2D eigenvalue weighted by Gasteiger charge is 2.45. The summed E-state index contributed by atoms with van der Waals surface area (Å²) in [5, 5.41) is 20.1. The molecule has 4 atom stereocenters. The first kappa shape index (κ1) is 20.8. The second-order valence-electron chi connectivity index (χ2n) is 5.42. The Morgan fingerprint density at radius 3 is 2.48 bits per heavy atom. The Kier molecular flexibility index (Phi) is 5.74. The van der Waals surface area contributed by atoms with Gasteiger partial charge in [-0.2, -0.15) is 0 Å². The number of rotatable bonds is 6. The van der Waals surface area contributed by atoms with Gasteiger partial charge in [0.15, 0.2) is 11.9 Å². The molecule has 2 aromatic rings. The lowest BCUT2D eigenvalue weighted by atomic mass is 10.1. The van der Waals surface area contributed by atoms with Gasteiger partial charge in [0.2, 0.25) is 0 Å². The van der Waals surface area contributed by atoms with Crippen molar-refractivity contribution in [2.45, 2.75) is 29.6 Å². The highest BCUT2D eigenvalue weighted by Crippen LogP contribution is 2.54. The Balaban J connectivity index is 1.88. The molecule has 0 aromatic carbocycles. The summed E-state index contributed by atoms with van der Waals surface area (Å²) in [6, 6.07) is 0. The molecule has 1 aliphatic heterocycles. The Bertz CT molecular complexity index is 930. The molecule has 17 heteroatoms. The third kappa shape index (κ3) is 4.72. The Morgan fingerprint density at radius 2 is 1.85 bits per heavy atom. The largest absolute Gasteiger partial charge is 0.469 e. The monoisotopic (exact) mass is 444 g/mol. The van der Waals surface area contributed by atoms with Crippen LogP contribution in [0.5, 0.6) is 0 Å². The standard InChI is InChI=1S/C10H14N4O10P2S/c15-6-4(1-23-25(17,18)19)24-10(7(6)16)14-3-13-5-8(14)11-2-12-9(5)27-26(20,21)22/h2-4,6-7,10,15-16H,1H2,(H2,17,18,19)(H2,20,21,22)/t4-,6-,7+,10+/m1/s1. The van der Waals surface area contributed by atoms with Gasteiger partial charge in [-0.05, 0) is 0 Å². The quantitative estimate of drug-likeness (QED) is 0.226. The van der Waals surface area contributed by atoms with Gasteiger partial charge in [0.1, 0.15) is 35.2 Å². The molecular weight excluding hydrogens is 430 g/mol. The predicted molar refractivity (Wildman–Crippen MR) is 87.1 cm³/mol. The molecular formula is C10H14N4O10P2S. The Hall–Kier alpha value is -0.960. The molecule has 0 aliphatic carbocycles. The summed E-state index contributed by atoms with van der Waals surface area (Å²) < 4.78 is 32.9. The van der Waals surface area contributed by atoms with Gasteiger partial charge in [0.05, 0.1) is 12.9 Å². The number of hydrogen-bond acceptors (Lipinski definition) is 10. The lowest BCUT2D eigenvalue weighted by Crippen LogP contribution is -2.33. The minimum absolute atomic E-state index is 0.0334. The van der Waals surface area contributed by atoms with Crippen LogP contribution in [0.25, 0.3) is 11.2 Å². The van der Waals surface area contributed by atoms with Crippen LogP contribution in [0.1, 0.15) is 6.23 Å². The molecule has 0 saturated carbocycles. The van der Waals surface area contributed by atoms with Crippen molar-refractivity contribution in [1.29, 1.82) is 0 Å². The van der Waals surface area contributed by atoms with E-state index in [9.17, 15) is 19.3 Å². The minimum atomic E-state index is -4.80. The molecule has 1 aliphatic rings. The lowest BCUT2D eigenvalue weighted by molar-refractivity contribution is -0.0504. The van der Waals surface area contributed by atoms with Gasteiger partial charge in [-0.25, -0.2) is 24.1 Å². The van der Waals surface area contributed by atoms with Crippen LogP contribution >= 0.6 is 26.0 Å². The van der Waals surface area contributed by atoms with E-state index in [4.69, 9.17) is 24.3 Å². The number of aromatic nitrogens is 4. The average Bonchev–Trinajstić information content (AvgIpc) is 3.07. The van der Waals surface area contributed by atoms with Crippen LogP contribution in [-0.2, 0) is 18.4 Å². The third-order valence-corrected chi connectivity index (χ3v) is 5.98. The van der Waals surface area contributed by atoms with E-state index in [2.05, 4.69) is 19.5 Å². The van der Waals surface area contributed by atoms with Crippen LogP contribution in [-0.4, -0.2) is 74.2 Å². The Labute approximate surface area is 154 Å². The highest BCUT2D eigenvalue weighted by molar-refractivity contribution is 8.54. The molecule has 1 fully saturated rings. The summed E-state index contributed by atoms with van der Waals surface area (Å²) in [5.41, 5.74) is 0.0970. The fourth-order valence-electron chi connectivity index (χ4n) is 2.46. The van der Waals surface area contributed by atoms with Crippen molar-refractivity contribution in [3.8, 4) is 0 Å². The van der Waals surface area contributed by atoms with E-state index in [0.717, 1.165) is 12.7 Å². The van der Waals surface area contributed by atoms with E-state index in [-0.39, 0.29) is 27.6 Å². The van der Waals surface area contributed by atoms with E-state index in [1.807, 2.05) is 0 Å². The van der Waals surface area contributed by atoms with Gasteiger partial charge in [-0.15, -0.1) is 0 Å². The number of phosphoric acid groups is 1. The van der Waals surface area contributed by atoms with Crippen LogP contribution in [0.4, 0.5) is 0 Å². The minimum Gasteiger partial charge on any atom is -0.387 e. The first-order chi connectivity index (χ1) is 12.5. The zero-order valence-corrected chi connectivity index (χ0v) is 15.7. The van der Waals surface area contributed by atoms with E-state index in [1.54, 1.807) is 0 Å². The maximum absolute atomic E-state index is 11.2. The molecule has 1 saturated heterocycles. The van der Waals surface area contributed by atoms with Crippen LogP contribution in [0.2, 0.25) is 0 Å². The van der Waals surface area contributed by atoms with Gasteiger partial charge < -0.3 is 34.5 Å². The fraction of sp³-hybridized carbons (Fsp3) is 0.500. The second-order valence-corrected chi connectivity index (χ2v) is 10.2. The molecule has 150 valence electrons. The number of fused-ring (bicyclic) bond motifs is 1. The molecule has 3 rings (SSSR count). The number of aliphatic hydroxyl groups is 2. The number of ether oxygens (including phenoxy) is 1. The highest BCUT2D eigenvalue weighted by atomic mass is 32.7. The first-order valence-corrected chi connectivity index (χ1v) is 11.7. The molecule has 14 nitrogen and oxygen atoms in total. The van der Waals surface area contributed by atoms with Crippen molar-refractivity contribution >= 4 is 37.2 Å². The van der Waals surface area contributed by atoms with Crippen molar-refractivity contribution in [2.75, 3.05) is 6.61 Å². The topological polar surface area (TPSA) is 218 Å². The zero-order chi connectivity index (χ0) is 20.0. The average molecular weight is 444 g/mol. The molecule has 6 N–H and O–H groups in total. The molecule has 0 amide bonds. The fourth-order valence-corrected chi connectivity index (χ4v) is 4.43. The first-order valence-electron chi connectivity index (χ1n) is 7.10. The van der Waals surface area contributed by atoms with Crippen molar-refractivity contribution < 1.29 is 48.2 Å². The third-order valence-electron chi connectivity index (χ3n) is 3.55. The van der Waals surface area contributed by atoms with Crippen LogP contribution in [0, 0.1) is 0 Å². The number of phosphoric ester groups is 1. The van der Waals surface area contributed by atoms with Gasteiger partial charge in [0, 0.05) is 11.4 Å². The summed E-state index contributed by atoms with van der Waals surface area (Å²) in [4.78, 5) is 47.3. The second kappa shape index (κ2) is 7.46. The number of nitrogens with zero attached hydrogens (tertiary/aromatic N) is 4. The normalized spacial score (nSPS) is 26.7. The summed E-state index contributed by atoms with van der Waals surface area (Å²) in [6.07, 6.45) is -3.33. The lowest BCUT2D eigenvalue weighted by Gasteiger charge is -2.16. The van der Waals surface area contributed by atoms with Crippen molar-refractivity contribution in [1.82, 2.24) is 19.5 Å². The molecule has 0 unspecified atom stereocenters. The molecule has 0 spiro atoms. The Morgan fingerprint density at radius 1 is 1.15 bits per heavy atom. The SMILES string of the molecule is O=P(O)(O)OC[C@H]1O[C@H](n2cnc3c(SP(=O)(O)O)ncnc32)[C@@H](O)[C@@H]1O. The van der Waals surface area contributed by atoms with E-state index >= 15 is 0 Å². The maximum Gasteiger partial charge on any atom is 0.469 e. The van der Waals surface area contributed by atoms with Crippen LogP contribution in [0.3, 0.4) is 0 Å². The predicted octanol–water partition coefficient (Wildman–Crippen LogP) is -1.26. The van der Waals surface area contributed by atoms with Gasteiger partial charge in [-0.3, -0.25) is 9.09 Å². The van der Waals surface area contributed by atoms with E-state index in [0.29, 0.717) is 0 Å². The summed E-state index contributed by atoms with van der Waals surface area (Å²) in [5.74, 6) is 0. The van der Waals surface area contributed by atoms with E-state index < -0.39 is 45.8 Å². The summed E-state index contributed by atoms with van der Waals surface area (Å²) in [7, 11) is -4.80. The van der Waals surface area contributed by atoms with Crippen molar-refractivity contribution in [3.63, 3.8) is 0 Å². The van der Waals surface area contributed by atoms with Gasteiger partial charge in [0.25, 0.3) is 0 Å². The summed E-state index contributed by atoms with van der Waals surface area (Å²) >= 11 is 0.179.